The van der Waals surface area contributed by atoms with Crippen LogP contribution in [-0.4, -0.2) is 43.4 Å². The van der Waals surface area contributed by atoms with Crippen LogP contribution in [0.25, 0.3) is 0 Å². The van der Waals surface area contributed by atoms with Crippen LogP contribution in [0.1, 0.15) is 38.5 Å². The quantitative estimate of drug-likeness (QED) is 0.726. The lowest BCUT2D eigenvalue weighted by Gasteiger charge is -2.58. The van der Waals surface area contributed by atoms with Gasteiger partial charge in [0, 0.05) is 6.07 Å². The average Bonchev–Trinajstić information content (AvgIpc) is 2.64. The van der Waals surface area contributed by atoms with Crippen LogP contribution in [0.4, 0.5) is 5.69 Å². The van der Waals surface area contributed by atoms with Crippen molar-refractivity contribution in [3.05, 3.63) is 18.2 Å². The zero-order valence-corrected chi connectivity index (χ0v) is 16.3. The molecule has 4 bridgehead atoms. The topological polar surface area (TPSA) is 94.1 Å². The van der Waals surface area contributed by atoms with E-state index in [0.717, 1.165) is 32.1 Å². The zero-order chi connectivity index (χ0) is 19.9. The SMILES string of the molecule is COc1ccc(NC(=O)COC(=O)C23C[C@@H]4C[C@@H](CC(O)(C4)C2)C3)c(OC)c1. The summed E-state index contributed by atoms with van der Waals surface area (Å²) in [7, 11) is 3.05. The number of aliphatic hydroxyl groups is 1. The molecule has 1 aromatic carbocycles. The molecule has 2 unspecified atom stereocenters. The maximum absolute atomic E-state index is 12.8. The van der Waals surface area contributed by atoms with E-state index in [1.807, 2.05) is 0 Å². The molecule has 4 aliphatic rings. The van der Waals surface area contributed by atoms with Gasteiger partial charge in [-0.25, -0.2) is 0 Å². The molecule has 4 fully saturated rings. The van der Waals surface area contributed by atoms with E-state index in [4.69, 9.17) is 14.2 Å². The number of methoxy groups -OCH3 is 2. The minimum absolute atomic E-state index is 0.350. The third-order valence-electron chi connectivity index (χ3n) is 6.48. The van der Waals surface area contributed by atoms with Crippen LogP contribution in [0.3, 0.4) is 0 Å². The van der Waals surface area contributed by atoms with Crippen LogP contribution in [0.15, 0.2) is 18.2 Å². The number of carbonyl (C=O) groups excluding carboxylic acids is 2. The molecule has 4 atom stereocenters. The molecule has 0 radical (unpaired) electrons. The predicted molar refractivity (Wildman–Crippen MR) is 101 cm³/mol. The molecule has 0 saturated heterocycles. The Morgan fingerprint density at radius 1 is 1.14 bits per heavy atom. The lowest BCUT2D eigenvalue weighted by Crippen LogP contribution is -2.58. The van der Waals surface area contributed by atoms with Crippen LogP contribution < -0.4 is 14.8 Å². The first-order valence-corrected chi connectivity index (χ1v) is 9.76. The van der Waals surface area contributed by atoms with Crippen molar-refractivity contribution in [1.29, 1.82) is 0 Å². The van der Waals surface area contributed by atoms with Crippen LogP contribution in [0.5, 0.6) is 11.5 Å². The lowest BCUT2D eigenvalue weighted by molar-refractivity contribution is -0.196. The van der Waals surface area contributed by atoms with Gasteiger partial charge in [-0.15, -0.1) is 0 Å². The van der Waals surface area contributed by atoms with Crippen LogP contribution >= 0.6 is 0 Å². The predicted octanol–water partition coefficient (Wildman–Crippen LogP) is 2.52. The Hall–Kier alpha value is -2.28. The van der Waals surface area contributed by atoms with Crippen molar-refractivity contribution in [1.82, 2.24) is 0 Å². The molecule has 7 heteroatoms. The number of nitrogens with one attached hydrogen (secondary N) is 1. The van der Waals surface area contributed by atoms with Crippen molar-refractivity contribution < 1.29 is 28.9 Å². The second kappa shape index (κ2) is 6.95. The van der Waals surface area contributed by atoms with Crippen molar-refractivity contribution in [2.45, 2.75) is 44.1 Å². The van der Waals surface area contributed by atoms with Crippen molar-refractivity contribution in [2.75, 3.05) is 26.1 Å². The van der Waals surface area contributed by atoms with E-state index >= 15 is 0 Å². The molecule has 1 aromatic rings. The number of rotatable bonds is 6. The molecular formula is C21H27NO6. The first-order chi connectivity index (χ1) is 13.3. The van der Waals surface area contributed by atoms with Gasteiger partial charge < -0.3 is 24.6 Å². The summed E-state index contributed by atoms with van der Waals surface area (Å²) >= 11 is 0. The summed E-state index contributed by atoms with van der Waals surface area (Å²) in [5.74, 6) is 1.06. The van der Waals surface area contributed by atoms with E-state index in [9.17, 15) is 14.7 Å². The summed E-state index contributed by atoms with van der Waals surface area (Å²) in [5.41, 5.74) is -0.882. The minimum atomic E-state index is -0.734. The molecule has 152 valence electrons. The average molecular weight is 389 g/mol. The summed E-state index contributed by atoms with van der Waals surface area (Å²) in [5, 5.41) is 13.5. The van der Waals surface area contributed by atoms with Crippen LogP contribution in [-0.2, 0) is 14.3 Å². The van der Waals surface area contributed by atoms with E-state index in [1.165, 1.54) is 7.11 Å². The van der Waals surface area contributed by atoms with Gasteiger partial charge in [0.15, 0.2) is 6.61 Å². The summed E-state index contributed by atoms with van der Waals surface area (Å²) in [4.78, 5) is 25.2. The van der Waals surface area contributed by atoms with E-state index < -0.39 is 16.9 Å². The highest BCUT2D eigenvalue weighted by atomic mass is 16.5. The molecule has 7 nitrogen and oxygen atoms in total. The number of anilines is 1. The Kier molecular flexibility index (Phi) is 4.73. The fraction of sp³-hybridized carbons (Fsp3) is 0.619. The molecule has 4 saturated carbocycles. The number of hydrogen-bond donors (Lipinski definition) is 2. The van der Waals surface area contributed by atoms with Gasteiger partial charge in [-0.2, -0.15) is 0 Å². The second-order valence-corrected chi connectivity index (χ2v) is 8.66. The number of carbonyl (C=O) groups is 2. The highest BCUT2D eigenvalue weighted by Crippen LogP contribution is 2.61. The summed E-state index contributed by atoms with van der Waals surface area (Å²) in [6, 6.07) is 5.05. The molecule has 4 aliphatic carbocycles. The minimum Gasteiger partial charge on any atom is -0.497 e. The van der Waals surface area contributed by atoms with E-state index in [0.29, 0.717) is 35.4 Å². The summed E-state index contributed by atoms with van der Waals surface area (Å²) in [6.45, 7) is -0.358. The van der Waals surface area contributed by atoms with Gasteiger partial charge in [-0.3, -0.25) is 9.59 Å². The van der Waals surface area contributed by atoms with E-state index in [-0.39, 0.29) is 12.6 Å². The fourth-order valence-corrected chi connectivity index (χ4v) is 5.83. The van der Waals surface area contributed by atoms with Crippen molar-refractivity contribution in [3.8, 4) is 11.5 Å². The molecule has 28 heavy (non-hydrogen) atoms. The first kappa shape index (κ1) is 19.1. The van der Waals surface area contributed by atoms with Crippen molar-refractivity contribution >= 4 is 17.6 Å². The van der Waals surface area contributed by atoms with Crippen molar-refractivity contribution in [3.63, 3.8) is 0 Å². The molecule has 1 amide bonds. The maximum atomic E-state index is 12.8. The van der Waals surface area contributed by atoms with Gasteiger partial charge in [-0.1, -0.05) is 0 Å². The number of benzene rings is 1. The number of hydrogen-bond acceptors (Lipinski definition) is 6. The second-order valence-electron chi connectivity index (χ2n) is 8.66. The Morgan fingerprint density at radius 2 is 1.86 bits per heavy atom. The van der Waals surface area contributed by atoms with Gasteiger partial charge in [0.25, 0.3) is 5.91 Å². The van der Waals surface area contributed by atoms with E-state index in [1.54, 1.807) is 25.3 Å². The molecule has 0 heterocycles. The number of ether oxygens (including phenoxy) is 3. The highest BCUT2D eigenvalue weighted by Gasteiger charge is 2.60. The normalized spacial score (nSPS) is 32.7. The lowest BCUT2D eigenvalue weighted by atomic mass is 9.48. The number of amides is 1. The maximum Gasteiger partial charge on any atom is 0.312 e. The third kappa shape index (κ3) is 3.43. The molecule has 2 N–H and O–H groups in total. The highest BCUT2D eigenvalue weighted by molar-refractivity contribution is 5.94. The largest absolute Gasteiger partial charge is 0.497 e. The molecular weight excluding hydrogens is 362 g/mol. The zero-order valence-electron chi connectivity index (χ0n) is 16.3. The van der Waals surface area contributed by atoms with Gasteiger partial charge in [0.05, 0.1) is 30.9 Å². The van der Waals surface area contributed by atoms with Gasteiger partial charge >= 0.3 is 5.97 Å². The van der Waals surface area contributed by atoms with Crippen LogP contribution in [0, 0.1) is 17.3 Å². The summed E-state index contributed by atoms with van der Waals surface area (Å²) < 4.78 is 15.8. The monoisotopic (exact) mass is 389 g/mol. The third-order valence-corrected chi connectivity index (χ3v) is 6.48. The number of esters is 1. The van der Waals surface area contributed by atoms with Crippen LogP contribution in [0.2, 0.25) is 0 Å². The molecule has 0 spiro atoms. The smallest absolute Gasteiger partial charge is 0.312 e. The standard InChI is InChI=1S/C21H27NO6/c1-26-15-3-4-16(17(6-15)27-2)22-18(23)11-28-19(24)20-7-13-5-14(8-20)10-21(25,9-13)12-20/h3-4,6,13-14,25H,5,7-12H2,1-2H3,(H,22,23)/t13-,14+,20?,21?. The first-order valence-electron chi connectivity index (χ1n) is 9.76. The Labute approximate surface area is 164 Å². The Morgan fingerprint density at radius 3 is 2.46 bits per heavy atom. The summed E-state index contributed by atoms with van der Waals surface area (Å²) in [6.07, 6.45) is 4.65. The molecule has 0 aliphatic heterocycles. The Bertz CT molecular complexity index is 777. The van der Waals surface area contributed by atoms with Crippen molar-refractivity contribution in [2.24, 2.45) is 17.3 Å². The Balaban J connectivity index is 1.37. The fourth-order valence-electron chi connectivity index (χ4n) is 5.83. The molecule has 5 rings (SSSR count). The van der Waals surface area contributed by atoms with Gasteiger partial charge in [0.1, 0.15) is 11.5 Å². The van der Waals surface area contributed by atoms with E-state index in [2.05, 4.69) is 5.32 Å². The van der Waals surface area contributed by atoms with Gasteiger partial charge in [-0.05, 0) is 62.5 Å². The van der Waals surface area contributed by atoms with Gasteiger partial charge in [0.2, 0.25) is 0 Å². The molecule has 0 aromatic heterocycles.